The van der Waals surface area contributed by atoms with E-state index in [1.165, 1.54) is 5.56 Å². The first-order valence-electron chi connectivity index (χ1n) is 3.06. The molecule has 0 fully saturated rings. The van der Waals surface area contributed by atoms with Crippen molar-refractivity contribution in [2.24, 2.45) is 0 Å². The van der Waals surface area contributed by atoms with Gasteiger partial charge in [-0.05, 0) is 10.4 Å². The number of benzene rings is 1. The van der Waals surface area contributed by atoms with Crippen LogP contribution in [0.25, 0.3) is 0 Å². The smallest absolute Gasteiger partial charge is 0.0349 e. The van der Waals surface area contributed by atoms with E-state index in [1.807, 2.05) is 18.2 Å². The van der Waals surface area contributed by atoms with E-state index in [0.29, 0.717) is 0 Å². The van der Waals surface area contributed by atoms with Gasteiger partial charge >= 0.3 is 0 Å². The minimum atomic E-state index is 0.825. The molecule has 1 rings (SSSR count). The van der Waals surface area contributed by atoms with Crippen molar-refractivity contribution in [2.75, 3.05) is 0 Å². The first-order valence-corrected chi connectivity index (χ1v) is 3.85. The van der Waals surface area contributed by atoms with Gasteiger partial charge in [0.1, 0.15) is 0 Å². The van der Waals surface area contributed by atoms with Crippen molar-refractivity contribution in [2.45, 2.75) is 6.42 Å². The van der Waals surface area contributed by atoms with E-state index < -0.39 is 0 Å². The van der Waals surface area contributed by atoms with Crippen molar-refractivity contribution >= 4 is 15.9 Å². The summed E-state index contributed by atoms with van der Waals surface area (Å²) in [5, 5.41) is 0. The first-order chi connectivity index (χ1) is 4.93. The van der Waals surface area contributed by atoms with Crippen LogP contribution in [0.4, 0.5) is 0 Å². The van der Waals surface area contributed by atoms with Gasteiger partial charge in [0, 0.05) is 22.4 Å². The lowest BCUT2D eigenvalue weighted by Gasteiger charge is -1.89. The van der Waals surface area contributed by atoms with E-state index >= 15 is 0 Å². The van der Waals surface area contributed by atoms with Crippen molar-refractivity contribution in [1.82, 2.24) is 0 Å². The van der Waals surface area contributed by atoms with Gasteiger partial charge < -0.3 is 0 Å². The molecule has 1 aromatic rings. The Labute approximate surface area is 69.4 Å². The lowest BCUT2D eigenvalue weighted by molar-refractivity contribution is 1.32. The summed E-state index contributed by atoms with van der Waals surface area (Å²) in [5.41, 5.74) is 1.26. The summed E-state index contributed by atoms with van der Waals surface area (Å²) in [7, 11) is 0. The fourth-order valence-electron chi connectivity index (χ4n) is 0.731. The molecule has 0 bridgehead atoms. The van der Waals surface area contributed by atoms with Crippen LogP contribution in [0.5, 0.6) is 0 Å². The lowest BCUT2D eigenvalue weighted by Crippen LogP contribution is -1.77. The molecule has 0 unspecified atom stereocenters. The second-order valence-corrected chi connectivity index (χ2v) is 2.33. The maximum Gasteiger partial charge on any atom is 0.0349 e. The van der Waals surface area contributed by atoms with E-state index in [9.17, 15) is 0 Å². The van der Waals surface area contributed by atoms with Crippen molar-refractivity contribution in [3.8, 4) is 10.8 Å². The highest BCUT2D eigenvalue weighted by atomic mass is 79.9. The van der Waals surface area contributed by atoms with Crippen molar-refractivity contribution in [3.05, 3.63) is 35.9 Å². The summed E-state index contributed by atoms with van der Waals surface area (Å²) in [5.74, 6) is 2.93. The number of hydrogen-bond donors (Lipinski definition) is 0. The summed E-state index contributed by atoms with van der Waals surface area (Å²) in [6.07, 6.45) is 0.825. The summed E-state index contributed by atoms with van der Waals surface area (Å²) in [6.45, 7) is 0. The third kappa shape index (κ3) is 2.24. The highest BCUT2D eigenvalue weighted by Crippen LogP contribution is 1.97. The minimum absolute atomic E-state index is 0.825. The standard InChI is InChI=1S/C9H7Br/c10-8-4-7-9-5-2-1-3-6-9/h1-3,5-6H,7H2. The molecule has 50 valence electrons. The second-order valence-electron chi connectivity index (χ2n) is 1.93. The second kappa shape index (κ2) is 4.14. The van der Waals surface area contributed by atoms with Crippen LogP contribution < -0.4 is 0 Å². The first kappa shape index (κ1) is 7.37. The van der Waals surface area contributed by atoms with Gasteiger partial charge in [0.2, 0.25) is 0 Å². The Morgan fingerprint density at radius 1 is 1.20 bits per heavy atom. The average molecular weight is 195 g/mol. The molecule has 1 heteroatoms. The number of halogens is 1. The largest absolute Gasteiger partial charge is 0.0860 e. The maximum atomic E-state index is 3.05. The molecule has 0 amide bonds. The molecule has 0 aliphatic heterocycles. The molecular formula is C9H7Br. The molecule has 1 aromatic carbocycles. The highest BCUT2D eigenvalue weighted by Gasteiger charge is 1.83. The van der Waals surface area contributed by atoms with Gasteiger partial charge in [0.25, 0.3) is 0 Å². The highest BCUT2D eigenvalue weighted by molar-refractivity contribution is 9.12. The Morgan fingerprint density at radius 2 is 1.90 bits per heavy atom. The molecule has 10 heavy (non-hydrogen) atoms. The third-order valence-corrected chi connectivity index (χ3v) is 1.48. The minimum Gasteiger partial charge on any atom is -0.0860 e. The molecule has 0 aromatic heterocycles. The molecule has 0 radical (unpaired) electrons. The van der Waals surface area contributed by atoms with Crippen molar-refractivity contribution in [3.63, 3.8) is 0 Å². The number of hydrogen-bond acceptors (Lipinski definition) is 0. The zero-order valence-electron chi connectivity index (χ0n) is 5.47. The molecule has 0 saturated heterocycles. The third-order valence-electron chi connectivity index (χ3n) is 1.20. The Hall–Kier alpha value is -0.740. The van der Waals surface area contributed by atoms with E-state index in [4.69, 9.17) is 0 Å². The van der Waals surface area contributed by atoms with E-state index in [-0.39, 0.29) is 0 Å². The van der Waals surface area contributed by atoms with Gasteiger partial charge in [-0.25, -0.2) is 0 Å². The molecular weight excluding hydrogens is 188 g/mol. The van der Waals surface area contributed by atoms with Crippen LogP contribution in [-0.2, 0) is 6.42 Å². The fourth-order valence-corrected chi connectivity index (χ4v) is 0.872. The molecule has 0 spiro atoms. The maximum absolute atomic E-state index is 3.05. The quantitative estimate of drug-likeness (QED) is 0.604. The van der Waals surface area contributed by atoms with Crippen LogP contribution in [0.15, 0.2) is 30.3 Å². The van der Waals surface area contributed by atoms with Gasteiger partial charge in [0.15, 0.2) is 0 Å². The van der Waals surface area contributed by atoms with Gasteiger partial charge in [-0.1, -0.05) is 36.3 Å². The molecule has 0 N–H and O–H groups in total. The Morgan fingerprint density at radius 3 is 2.50 bits per heavy atom. The van der Waals surface area contributed by atoms with Crippen LogP contribution >= 0.6 is 15.9 Å². The molecule has 0 nitrogen and oxygen atoms in total. The van der Waals surface area contributed by atoms with Crippen LogP contribution in [-0.4, -0.2) is 0 Å². The van der Waals surface area contributed by atoms with Gasteiger partial charge in [-0.15, -0.1) is 0 Å². The average Bonchev–Trinajstić information content (AvgIpc) is 2.03. The molecule has 0 aliphatic rings. The van der Waals surface area contributed by atoms with Crippen molar-refractivity contribution in [1.29, 1.82) is 0 Å². The zero-order valence-corrected chi connectivity index (χ0v) is 7.06. The Kier molecular flexibility index (Phi) is 3.05. The van der Waals surface area contributed by atoms with Crippen LogP contribution in [0.3, 0.4) is 0 Å². The lowest BCUT2D eigenvalue weighted by atomic mass is 10.2. The van der Waals surface area contributed by atoms with Gasteiger partial charge in [-0.2, -0.15) is 0 Å². The Bertz CT molecular complexity index is 240. The van der Waals surface area contributed by atoms with Crippen LogP contribution in [0.2, 0.25) is 0 Å². The molecule has 0 saturated carbocycles. The molecule has 0 aliphatic carbocycles. The molecule has 0 atom stereocenters. The molecule has 0 heterocycles. The van der Waals surface area contributed by atoms with E-state index in [2.05, 4.69) is 38.8 Å². The summed E-state index contributed by atoms with van der Waals surface area (Å²) in [4.78, 5) is 2.68. The van der Waals surface area contributed by atoms with E-state index in [1.54, 1.807) is 0 Å². The topological polar surface area (TPSA) is 0 Å². The normalized spacial score (nSPS) is 8.10. The van der Waals surface area contributed by atoms with Gasteiger partial charge in [0.05, 0.1) is 0 Å². The number of rotatable bonds is 1. The zero-order chi connectivity index (χ0) is 7.23. The van der Waals surface area contributed by atoms with E-state index in [0.717, 1.165) is 6.42 Å². The Balaban J connectivity index is 2.64. The monoisotopic (exact) mass is 194 g/mol. The summed E-state index contributed by atoms with van der Waals surface area (Å²) in [6, 6.07) is 10.2. The van der Waals surface area contributed by atoms with Crippen LogP contribution in [0.1, 0.15) is 5.56 Å². The van der Waals surface area contributed by atoms with Crippen LogP contribution in [0, 0.1) is 10.8 Å². The summed E-state index contributed by atoms with van der Waals surface area (Å²) >= 11 is 3.05. The summed E-state index contributed by atoms with van der Waals surface area (Å²) < 4.78 is 0. The SMILES string of the molecule is BrC#CCc1ccccc1. The fraction of sp³-hybridized carbons (Fsp3) is 0.111. The predicted molar refractivity (Wildman–Crippen MR) is 46.8 cm³/mol. The van der Waals surface area contributed by atoms with Gasteiger partial charge in [-0.3, -0.25) is 0 Å². The predicted octanol–water partition coefficient (Wildman–Crippen LogP) is 2.58. The van der Waals surface area contributed by atoms with Crippen molar-refractivity contribution < 1.29 is 0 Å².